The summed E-state index contributed by atoms with van der Waals surface area (Å²) in [4.78, 5) is 12.2. The molecule has 0 fully saturated rings. The molecule has 5 nitrogen and oxygen atoms in total. The minimum absolute atomic E-state index is 0.208. The Hall–Kier alpha value is -1.82. The van der Waals surface area contributed by atoms with Crippen LogP contribution >= 0.6 is 11.3 Å². The minimum Gasteiger partial charge on any atom is -0.455 e. The summed E-state index contributed by atoms with van der Waals surface area (Å²) in [5.74, 6) is -0.387. The van der Waals surface area contributed by atoms with E-state index in [1.807, 2.05) is 20.0 Å². The Morgan fingerprint density at radius 1 is 1.61 bits per heavy atom. The number of anilines is 1. The van der Waals surface area contributed by atoms with Crippen molar-refractivity contribution in [1.29, 1.82) is 0 Å². The van der Waals surface area contributed by atoms with Crippen LogP contribution in [0.2, 0.25) is 0 Å². The zero-order valence-electron chi connectivity index (χ0n) is 10.3. The van der Waals surface area contributed by atoms with E-state index in [2.05, 4.69) is 5.10 Å². The molecule has 0 atom stereocenters. The highest BCUT2D eigenvalue weighted by molar-refractivity contribution is 7.12. The number of thiophene rings is 1. The molecule has 2 rings (SSSR count). The van der Waals surface area contributed by atoms with E-state index in [4.69, 9.17) is 10.5 Å². The van der Waals surface area contributed by atoms with Crippen molar-refractivity contribution in [3.05, 3.63) is 33.8 Å². The van der Waals surface area contributed by atoms with E-state index >= 15 is 0 Å². The summed E-state index contributed by atoms with van der Waals surface area (Å²) in [6.45, 7) is 2.24. The number of carbonyl (C=O) groups excluding carboxylic acids is 1. The van der Waals surface area contributed by atoms with Crippen LogP contribution in [0.4, 0.5) is 5.69 Å². The van der Waals surface area contributed by atoms with E-state index in [1.165, 1.54) is 11.3 Å². The molecule has 2 N–H and O–H groups in total. The molecule has 6 heteroatoms. The normalized spacial score (nSPS) is 10.6. The van der Waals surface area contributed by atoms with Gasteiger partial charge in [-0.2, -0.15) is 5.10 Å². The topological polar surface area (TPSA) is 70.1 Å². The molecule has 0 aliphatic rings. The van der Waals surface area contributed by atoms with E-state index in [9.17, 15) is 4.79 Å². The molecular weight excluding hydrogens is 250 g/mol. The van der Waals surface area contributed by atoms with Crippen molar-refractivity contribution in [3.8, 4) is 0 Å². The number of aryl methyl sites for hydroxylation is 2. The Balaban J connectivity index is 2.01. The van der Waals surface area contributed by atoms with Gasteiger partial charge in [-0.25, -0.2) is 4.79 Å². The first-order valence-corrected chi connectivity index (χ1v) is 6.51. The predicted octanol–water partition coefficient (Wildman–Crippen LogP) is 1.98. The second-order valence-corrected chi connectivity index (χ2v) is 4.80. The molecule has 2 aromatic rings. The number of carbonyl (C=O) groups is 1. The molecule has 0 saturated carbocycles. The van der Waals surface area contributed by atoms with Gasteiger partial charge in [-0.15, -0.1) is 11.3 Å². The summed E-state index contributed by atoms with van der Waals surface area (Å²) in [5.41, 5.74) is 7.98. The van der Waals surface area contributed by atoms with Gasteiger partial charge in [-0.05, 0) is 23.9 Å². The van der Waals surface area contributed by atoms with Gasteiger partial charge >= 0.3 is 5.97 Å². The molecule has 0 spiro atoms. The Labute approximate surface area is 109 Å². The highest BCUT2D eigenvalue weighted by atomic mass is 32.1. The van der Waals surface area contributed by atoms with E-state index in [1.54, 1.807) is 16.1 Å². The number of esters is 1. The van der Waals surface area contributed by atoms with E-state index in [0.29, 0.717) is 10.6 Å². The minimum atomic E-state index is -0.387. The van der Waals surface area contributed by atoms with Crippen molar-refractivity contribution >= 4 is 23.0 Å². The summed E-state index contributed by atoms with van der Waals surface area (Å²) in [7, 11) is 1.84. The summed E-state index contributed by atoms with van der Waals surface area (Å²) < 4.78 is 6.95. The van der Waals surface area contributed by atoms with Crippen LogP contribution in [0.5, 0.6) is 0 Å². The number of aromatic nitrogens is 2. The zero-order chi connectivity index (χ0) is 13.1. The lowest BCUT2D eigenvalue weighted by molar-refractivity contribution is 0.0470. The summed E-state index contributed by atoms with van der Waals surface area (Å²) in [6, 6.07) is 3.63. The van der Waals surface area contributed by atoms with Crippen molar-refractivity contribution in [2.24, 2.45) is 7.05 Å². The molecule has 2 heterocycles. The number of nitrogens with zero attached hydrogens (tertiary/aromatic N) is 2. The van der Waals surface area contributed by atoms with Crippen molar-refractivity contribution in [1.82, 2.24) is 9.78 Å². The van der Waals surface area contributed by atoms with Gasteiger partial charge < -0.3 is 10.5 Å². The molecule has 2 aromatic heterocycles. The molecule has 0 radical (unpaired) electrons. The smallest absolute Gasteiger partial charge is 0.350 e. The quantitative estimate of drug-likeness (QED) is 0.858. The van der Waals surface area contributed by atoms with Crippen molar-refractivity contribution in [2.45, 2.75) is 20.0 Å². The van der Waals surface area contributed by atoms with Gasteiger partial charge in [0.25, 0.3) is 0 Å². The van der Waals surface area contributed by atoms with Crippen molar-refractivity contribution in [3.63, 3.8) is 0 Å². The van der Waals surface area contributed by atoms with Crippen LogP contribution in [0.1, 0.15) is 28.0 Å². The van der Waals surface area contributed by atoms with Gasteiger partial charge in [-0.1, -0.05) is 6.92 Å². The van der Waals surface area contributed by atoms with Crippen molar-refractivity contribution < 1.29 is 9.53 Å². The maximum absolute atomic E-state index is 11.8. The number of rotatable bonds is 4. The number of hydrogen-bond acceptors (Lipinski definition) is 5. The average Bonchev–Trinajstić information content (AvgIpc) is 2.92. The first-order chi connectivity index (χ1) is 8.61. The molecule has 0 aliphatic carbocycles. The number of nitrogens with two attached hydrogens (primary N) is 1. The third-order valence-corrected chi connectivity index (χ3v) is 3.53. The van der Waals surface area contributed by atoms with Crippen LogP contribution < -0.4 is 5.73 Å². The molecule has 96 valence electrons. The fourth-order valence-corrected chi connectivity index (χ4v) is 2.28. The Bertz CT molecular complexity index is 559. The lowest BCUT2D eigenvalue weighted by atomic mass is 10.3. The van der Waals surface area contributed by atoms with Crippen LogP contribution in [0.15, 0.2) is 17.5 Å². The van der Waals surface area contributed by atoms with Gasteiger partial charge in [0, 0.05) is 7.05 Å². The van der Waals surface area contributed by atoms with Crippen LogP contribution in [0.25, 0.3) is 0 Å². The molecule has 0 unspecified atom stereocenters. The molecule has 0 aliphatic heterocycles. The zero-order valence-corrected chi connectivity index (χ0v) is 11.2. The predicted molar refractivity (Wildman–Crippen MR) is 70.4 cm³/mol. The maximum Gasteiger partial charge on any atom is 0.350 e. The summed E-state index contributed by atoms with van der Waals surface area (Å²) in [6.07, 6.45) is 0.861. The number of hydrogen-bond donors (Lipinski definition) is 1. The van der Waals surface area contributed by atoms with Crippen LogP contribution in [0, 0.1) is 0 Å². The summed E-state index contributed by atoms with van der Waals surface area (Å²) >= 11 is 1.28. The fraction of sp³-hybridized carbons (Fsp3) is 0.333. The van der Waals surface area contributed by atoms with Gasteiger partial charge in [0.2, 0.25) is 0 Å². The van der Waals surface area contributed by atoms with Crippen LogP contribution in [-0.4, -0.2) is 15.7 Å². The maximum atomic E-state index is 11.8. The first-order valence-electron chi connectivity index (χ1n) is 5.63. The van der Waals surface area contributed by atoms with E-state index in [0.717, 1.165) is 17.8 Å². The lowest BCUT2D eigenvalue weighted by Gasteiger charge is -2.04. The molecule has 0 saturated heterocycles. The standard InChI is InChI=1S/C12H15N3O2S/c1-3-8-6-9(15(2)14-8)7-17-12(16)11-10(13)4-5-18-11/h4-6H,3,7,13H2,1-2H3. The SMILES string of the molecule is CCc1cc(COC(=O)c2sccc2N)n(C)n1. The van der Waals surface area contributed by atoms with E-state index in [-0.39, 0.29) is 12.6 Å². The first kappa shape index (κ1) is 12.6. The third kappa shape index (κ3) is 2.53. The van der Waals surface area contributed by atoms with Crippen LogP contribution in [-0.2, 0) is 24.8 Å². The van der Waals surface area contributed by atoms with Gasteiger partial charge in [0.1, 0.15) is 11.5 Å². The largest absolute Gasteiger partial charge is 0.455 e. The molecule has 18 heavy (non-hydrogen) atoms. The Kier molecular flexibility index (Phi) is 3.66. The average molecular weight is 265 g/mol. The second kappa shape index (κ2) is 5.22. The monoisotopic (exact) mass is 265 g/mol. The number of ether oxygens (including phenoxy) is 1. The molecule has 0 amide bonds. The lowest BCUT2D eigenvalue weighted by Crippen LogP contribution is -2.08. The highest BCUT2D eigenvalue weighted by Crippen LogP contribution is 2.20. The number of nitrogen functional groups attached to an aromatic ring is 1. The van der Waals surface area contributed by atoms with Crippen molar-refractivity contribution in [2.75, 3.05) is 5.73 Å². The van der Waals surface area contributed by atoms with Crippen LogP contribution in [0.3, 0.4) is 0 Å². The second-order valence-electron chi connectivity index (χ2n) is 3.89. The fourth-order valence-electron chi connectivity index (χ4n) is 1.57. The Morgan fingerprint density at radius 2 is 2.39 bits per heavy atom. The molecular formula is C12H15N3O2S. The highest BCUT2D eigenvalue weighted by Gasteiger charge is 2.14. The Morgan fingerprint density at radius 3 is 2.94 bits per heavy atom. The van der Waals surface area contributed by atoms with Gasteiger partial charge in [-0.3, -0.25) is 4.68 Å². The third-order valence-electron chi connectivity index (χ3n) is 2.62. The van der Waals surface area contributed by atoms with Gasteiger partial charge in [0.15, 0.2) is 0 Å². The summed E-state index contributed by atoms with van der Waals surface area (Å²) in [5, 5.41) is 6.06. The molecule has 0 aromatic carbocycles. The van der Waals surface area contributed by atoms with Gasteiger partial charge in [0.05, 0.1) is 17.1 Å². The molecule has 0 bridgehead atoms. The van der Waals surface area contributed by atoms with E-state index < -0.39 is 0 Å².